The van der Waals surface area contributed by atoms with Crippen LogP contribution in [0.2, 0.25) is 0 Å². The molecule has 13 heavy (non-hydrogen) atoms. The molecule has 0 spiro atoms. The maximum atomic E-state index is 4.01. The molecule has 0 bridgehead atoms. The van der Waals surface area contributed by atoms with Crippen LogP contribution in [0.3, 0.4) is 0 Å². The van der Waals surface area contributed by atoms with Gasteiger partial charge in [-0.1, -0.05) is 24.3 Å². The van der Waals surface area contributed by atoms with Crippen LogP contribution in [-0.2, 0) is 0 Å². The van der Waals surface area contributed by atoms with Crippen molar-refractivity contribution in [3.8, 4) is 0 Å². The van der Waals surface area contributed by atoms with E-state index < -0.39 is 0 Å². The Hall–Kier alpha value is -1.41. The number of rotatable bonds is 0. The monoisotopic (exact) mass is 190 g/mol. The van der Waals surface area contributed by atoms with Gasteiger partial charge in [-0.15, -0.1) is 12.4 Å². The van der Waals surface area contributed by atoms with Crippen LogP contribution in [0.15, 0.2) is 46.4 Å². The SMILES string of the molecule is C1=C2N=NC=C2c2ccccc21.Cl. The van der Waals surface area contributed by atoms with Crippen molar-refractivity contribution in [1.29, 1.82) is 0 Å². The van der Waals surface area contributed by atoms with Crippen LogP contribution in [0.4, 0.5) is 0 Å². The Kier molecular flexibility index (Phi) is 1.78. The highest BCUT2D eigenvalue weighted by Crippen LogP contribution is 2.38. The molecule has 1 aromatic rings. The molecule has 0 fully saturated rings. The van der Waals surface area contributed by atoms with Crippen LogP contribution < -0.4 is 0 Å². The van der Waals surface area contributed by atoms with Crippen molar-refractivity contribution in [3.63, 3.8) is 0 Å². The van der Waals surface area contributed by atoms with Crippen molar-refractivity contribution in [2.24, 2.45) is 10.2 Å². The molecule has 1 aromatic carbocycles. The third kappa shape index (κ3) is 1.03. The molecule has 0 amide bonds. The highest BCUT2D eigenvalue weighted by molar-refractivity contribution is 5.94. The first-order chi connectivity index (χ1) is 5.95. The second-order valence-electron chi connectivity index (χ2n) is 2.88. The number of hydrogen-bond acceptors (Lipinski definition) is 2. The minimum atomic E-state index is 0. The molecule has 1 aliphatic carbocycles. The molecule has 0 atom stereocenters. The molecule has 0 saturated carbocycles. The predicted molar refractivity (Wildman–Crippen MR) is 54.5 cm³/mol. The molecule has 0 aromatic heterocycles. The normalized spacial score (nSPS) is 15.7. The van der Waals surface area contributed by atoms with Gasteiger partial charge in [0, 0.05) is 5.57 Å². The third-order valence-corrected chi connectivity index (χ3v) is 2.17. The van der Waals surface area contributed by atoms with E-state index in [0.29, 0.717) is 0 Å². The van der Waals surface area contributed by atoms with Crippen molar-refractivity contribution >= 4 is 24.1 Å². The van der Waals surface area contributed by atoms with E-state index >= 15 is 0 Å². The van der Waals surface area contributed by atoms with Crippen molar-refractivity contribution in [1.82, 2.24) is 0 Å². The maximum absolute atomic E-state index is 4.01. The summed E-state index contributed by atoms with van der Waals surface area (Å²) in [5.74, 6) is 0. The minimum Gasteiger partial charge on any atom is -0.158 e. The van der Waals surface area contributed by atoms with Crippen molar-refractivity contribution < 1.29 is 0 Å². The molecule has 3 rings (SSSR count). The lowest BCUT2D eigenvalue weighted by atomic mass is 10.1. The van der Waals surface area contributed by atoms with E-state index in [1.165, 1.54) is 11.1 Å². The fraction of sp³-hybridized carbons (Fsp3) is 0. The average molecular weight is 191 g/mol. The summed E-state index contributed by atoms with van der Waals surface area (Å²) in [4.78, 5) is 0. The predicted octanol–water partition coefficient (Wildman–Crippen LogP) is 3.27. The molecule has 0 N–H and O–H groups in total. The van der Waals surface area contributed by atoms with Gasteiger partial charge >= 0.3 is 0 Å². The van der Waals surface area contributed by atoms with E-state index in [0.717, 1.165) is 11.3 Å². The van der Waals surface area contributed by atoms with E-state index in [9.17, 15) is 0 Å². The van der Waals surface area contributed by atoms with Crippen LogP contribution in [0, 0.1) is 0 Å². The minimum absolute atomic E-state index is 0. The Morgan fingerprint density at radius 3 is 2.85 bits per heavy atom. The summed E-state index contributed by atoms with van der Waals surface area (Å²) in [7, 11) is 0. The zero-order valence-corrected chi connectivity index (χ0v) is 7.58. The largest absolute Gasteiger partial charge is 0.158 e. The van der Waals surface area contributed by atoms with E-state index in [1.807, 2.05) is 18.3 Å². The second-order valence-corrected chi connectivity index (χ2v) is 2.88. The molecule has 2 nitrogen and oxygen atoms in total. The smallest absolute Gasteiger partial charge is 0.0957 e. The molecule has 2 aliphatic rings. The van der Waals surface area contributed by atoms with Crippen molar-refractivity contribution in [3.05, 3.63) is 47.3 Å². The highest BCUT2D eigenvalue weighted by atomic mass is 35.5. The van der Waals surface area contributed by atoms with Gasteiger partial charge < -0.3 is 0 Å². The first-order valence-electron chi connectivity index (χ1n) is 3.88. The average Bonchev–Trinajstić information content (AvgIpc) is 2.62. The molecular weight excluding hydrogens is 184 g/mol. The summed E-state index contributed by atoms with van der Waals surface area (Å²) in [5, 5.41) is 7.87. The van der Waals surface area contributed by atoms with Gasteiger partial charge in [-0.2, -0.15) is 10.2 Å². The van der Waals surface area contributed by atoms with Gasteiger partial charge in [-0.25, -0.2) is 0 Å². The zero-order chi connectivity index (χ0) is 7.97. The Balaban J connectivity index is 0.000000653. The number of fused-ring (bicyclic) bond motifs is 3. The van der Waals surface area contributed by atoms with Gasteiger partial charge in [0.05, 0.1) is 11.9 Å². The summed E-state index contributed by atoms with van der Waals surface area (Å²) >= 11 is 0. The quantitative estimate of drug-likeness (QED) is 0.600. The van der Waals surface area contributed by atoms with Gasteiger partial charge in [-0.3, -0.25) is 0 Å². The van der Waals surface area contributed by atoms with Crippen LogP contribution in [0.25, 0.3) is 11.6 Å². The number of hydrogen-bond donors (Lipinski definition) is 0. The van der Waals surface area contributed by atoms with Crippen LogP contribution in [0.5, 0.6) is 0 Å². The lowest BCUT2D eigenvalue weighted by Crippen LogP contribution is -1.78. The summed E-state index contributed by atoms with van der Waals surface area (Å²) in [6, 6.07) is 8.27. The fourth-order valence-electron chi connectivity index (χ4n) is 1.60. The Morgan fingerprint density at radius 1 is 1.08 bits per heavy atom. The first-order valence-corrected chi connectivity index (χ1v) is 3.88. The van der Waals surface area contributed by atoms with Crippen molar-refractivity contribution in [2.75, 3.05) is 0 Å². The standard InChI is InChI=1S/C10H6N2.ClH/c1-2-4-8-7(3-1)5-10-9(8)6-11-12-10;/h1-6H;1H. The maximum Gasteiger partial charge on any atom is 0.0957 e. The lowest BCUT2D eigenvalue weighted by molar-refractivity contribution is 1.25. The topological polar surface area (TPSA) is 24.7 Å². The molecule has 1 heterocycles. The Morgan fingerprint density at radius 2 is 1.92 bits per heavy atom. The number of halogens is 1. The van der Waals surface area contributed by atoms with Gasteiger partial charge in [0.25, 0.3) is 0 Å². The van der Waals surface area contributed by atoms with E-state index in [4.69, 9.17) is 0 Å². The molecule has 0 saturated heterocycles. The van der Waals surface area contributed by atoms with Gasteiger partial charge in [0.2, 0.25) is 0 Å². The van der Waals surface area contributed by atoms with E-state index in [1.54, 1.807) is 0 Å². The van der Waals surface area contributed by atoms with Gasteiger partial charge in [-0.05, 0) is 17.2 Å². The highest BCUT2D eigenvalue weighted by Gasteiger charge is 2.20. The summed E-state index contributed by atoms with van der Waals surface area (Å²) in [5.41, 5.74) is 4.65. The van der Waals surface area contributed by atoms with Crippen molar-refractivity contribution in [2.45, 2.75) is 0 Å². The molecular formula is C10H7ClN2. The zero-order valence-electron chi connectivity index (χ0n) is 6.77. The van der Waals surface area contributed by atoms with E-state index in [-0.39, 0.29) is 12.4 Å². The molecule has 0 unspecified atom stereocenters. The van der Waals surface area contributed by atoms with Gasteiger partial charge in [0.15, 0.2) is 0 Å². The number of benzene rings is 1. The fourth-order valence-corrected chi connectivity index (χ4v) is 1.60. The third-order valence-electron chi connectivity index (χ3n) is 2.17. The van der Waals surface area contributed by atoms with Gasteiger partial charge in [0.1, 0.15) is 0 Å². The molecule has 64 valence electrons. The number of allylic oxidation sites excluding steroid dienone is 1. The number of nitrogens with zero attached hydrogens (tertiary/aromatic N) is 2. The first kappa shape index (κ1) is 8.20. The Labute approximate surface area is 82.1 Å². The second kappa shape index (κ2) is 2.82. The van der Waals surface area contributed by atoms with Crippen LogP contribution in [-0.4, -0.2) is 0 Å². The Bertz CT molecular complexity index is 444. The molecule has 0 radical (unpaired) electrons. The summed E-state index contributed by atoms with van der Waals surface area (Å²) < 4.78 is 0. The number of azo groups is 1. The van der Waals surface area contributed by atoms with Crippen LogP contribution >= 0.6 is 12.4 Å². The lowest BCUT2D eigenvalue weighted by Gasteiger charge is -1.96. The summed E-state index contributed by atoms with van der Waals surface area (Å²) in [6.07, 6.45) is 3.88. The molecule has 1 aliphatic heterocycles. The summed E-state index contributed by atoms with van der Waals surface area (Å²) in [6.45, 7) is 0. The van der Waals surface area contributed by atoms with Crippen LogP contribution in [0.1, 0.15) is 11.1 Å². The van der Waals surface area contributed by atoms with E-state index in [2.05, 4.69) is 28.4 Å². The molecule has 3 heteroatoms.